The fourth-order valence-electron chi connectivity index (χ4n) is 5.22. The molecule has 1 saturated heterocycles. The lowest BCUT2D eigenvalue weighted by Gasteiger charge is -2.19. The number of ketones is 1. The molecule has 5 nitrogen and oxygen atoms in total. The SMILES string of the molecule is Cn1c(-c2ccccc2)c(C(=O)CN2C(=O)[C@H]3CCCC[C@H]3C2=O)c2ccccc21. The number of para-hydroxylation sites is 1. The Morgan fingerprint density at radius 2 is 1.50 bits per heavy atom. The predicted octanol–water partition coefficient (Wildman–Crippen LogP) is 4.20. The van der Waals surface area contributed by atoms with Crippen molar-refractivity contribution in [3.63, 3.8) is 0 Å². The Morgan fingerprint density at radius 1 is 0.900 bits per heavy atom. The molecule has 1 aliphatic carbocycles. The number of fused-ring (bicyclic) bond motifs is 2. The van der Waals surface area contributed by atoms with Crippen molar-refractivity contribution < 1.29 is 14.4 Å². The van der Waals surface area contributed by atoms with Crippen LogP contribution in [0.25, 0.3) is 22.2 Å². The Hall–Kier alpha value is -3.21. The zero-order chi connectivity index (χ0) is 20.8. The quantitative estimate of drug-likeness (QED) is 0.487. The molecule has 2 heterocycles. The normalized spacial score (nSPS) is 21.3. The van der Waals surface area contributed by atoms with Crippen LogP contribution in [0, 0.1) is 11.8 Å². The number of nitrogens with zero attached hydrogens (tertiary/aromatic N) is 2. The van der Waals surface area contributed by atoms with Crippen LogP contribution >= 0.6 is 0 Å². The van der Waals surface area contributed by atoms with Gasteiger partial charge in [0.1, 0.15) is 0 Å². The molecule has 0 bridgehead atoms. The van der Waals surface area contributed by atoms with Crippen LogP contribution in [0.4, 0.5) is 0 Å². The summed E-state index contributed by atoms with van der Waals surface area (Å²) in [5, 5.41) is 0.848. The summed E-state index contributed by atoms with van der Waals surface area (Å²) in [6.07, 6.45) is 3.46. The van der Waals surface area contributed by atoms with E-state index < -0.39 is 0 Å². The Kier molecular flexibility index (Phi) is 4.54. The standard InChI is InChI=1S/C25H24N2O3/c1-26-20-14-8-7-13-19(20)22(23(26)16-9-3-2-4-10-16)21(28)15-27-24(29)17-11-5-6-12-18(17)25(27)30/h2-4,7-10,13-14,17-18H,5-6,11-12,15H2,1H3/t17-,18+. The van der Waals surface area contributed by atoms with Gasteiger partial charge < -0.3 is 4.57 Å². The van der Waals surface area contributed by atoms with Gasteiger partial charge in [0, 0.05) is 18.0 Å². The van der Waals surface area contributed by atoms with Gasteiger partial charge >= 0.3 is 0 Å². The van der Waals surface area contributed by atoms with E-state index in [4.69, 9.17) is 0 Å². The number of hydrogen-bond acceptors (Lipinski definition) is 3. The molecule has 1 aliphatic heterocycles. The van der Waals surface area contributed by atoms with Gasteiger partial charge in [-0.3, -0.25) is 19.3 Å². The lowest BCUT2D eigenvalue weighted by molar-refractivity contribution is -0.139. The predicted molar refractivity (Wildman–Crippen MR) is 115 cm³/mol. The zero-order valence-corrected chi connectivity index (χ0v) is 17.0. The number of carbonyl (C=O) groups excluding carboxylic acids is 3. The number of rotatable bonds is 4. The maximum absolute atomic E-state index is 13.6. The third-order valence-corrected chi connectivity index (χ3v) is 6.67. The minimum Gasteiger partial charge on any atom is -0.343 e. The van der Waals surface area contributed by atoms with Crippen LogP contribution < -0.4 is 0 Å². The van der Waals surface area contributed by atoms with Gasteiger partial charge in [-0.1, -0.05) is 61.4 Å². The third-order valence-electron chi connectivity index (χ3n) is 6.67. The highest BCUT2D eigenvalue weighted by atomic mass is 16.2. The number of aromatic nitrogens is 1. The molecule has 0 spiro atoms. The first-order chi connectivity index (χ1) is 14.6. The number of imide groups is 1. The van der Waals surface area contributed by atoms with Gasteiger partial charge in [0.05, 0.1) is 29.6 Å². The molecule has 0 N–H and O–H groups in total. The molecule has 2 fully saturated rings. The first-order valence-electron chi connectivity index (χ1n) is 10.6. The van der Waals surface area contributed by atoms with Gasteiger partial charge in [-0.2, -0.15) is 0 Å². The molecule has 2 aromatic carbocycles. The smallest absolute Gasteiger partial charge is 0.233 e. The summed E-state index contributed by atoms with van der Waals surface area (Å²) >= 11 is 0. The lowest BCUT2D eigenvalue weighted by atomic mass is 9.81. The summed E-state index contributed by atoms with van der Waals surface area (Å²) in [6, 6.07) is 17.6. The van der Waals surface area contributed by atoms with Crippen molar-refractivity contribution in [1.82, 2.24) is 9.47 Å². The van der Waals surface area contributed by atoms with Gasteiger partial charge in [0.2, 0.25) is 11.8 Å². The highest BCUT2D eigenvalue weighted by molar-refractivity contribution is 6.17. The molecular formula is C25H24N2O3. The molecule has 2 aliphatic rings. The molecule has 5 rings (SSSR count). The van der Waals surface area contributed by atoms with E-state index in [2.05, 4.69) is 0 Å². The maximum Gasteiger partial charge on any atom is 0.233 e. The number of carbonyl (C=O) groups is 3. The minimum atomic E-state index is -0.236. The molecule has 2 amide bonds. The van der Waals surface area contributed by atoms with Crippen molar-refractivity contribution >= 4 is 28.5 Å². The number of amides is 2. The first kappa shape index (κ1) is 18.8. The third kappa shape index (κ3) is 2.80. The van der Waals surface area contributed by atoms with Crippen molar-refractivity contribution in [1.29, 1.82) is 0 Å². The van der Waals surface area contributed by atoms with Crippen molar-refractivity contribution in [2.75, 3.05) is 6.54 Å². The van der Waals surface area contributed by atoms with Crippen LogP contribution in [-0.2, 0) is 16.6 Å². The topological polar surface area (TPSA) is 59.4 Å². The number of benzene rings is 2. The maximum atomic E-state index is 13.6. The molecule has 30 heavy (non-hydrogen) atoms. The summed E-state index contributed by atoms with van der Waals surface area (Å²) in [5.41, 5.74) is 3.29. The van der Waals surface area contributed by atoms with Crippen LogP contribution in [-0.4, -0.2) is 33.6 Å². The molecule has 0 unspecified atom stereocenters. The Labute approximate surface area is 175 Å². The second-order valence-corrected chi connectivity index (χ2v) is 8.35. The summed E-state index contributed by atoms with van der Waals surface area (Å²) in [4.78, 5) is 40.6. The van der Waals surface area contributed by atoms with E-state index in [1.54, 1.807) is 0 Å². The highest BCUT2D eigenvalue weighted by Gasteiger charge is 2.48. The molecule has 152 valence electrons. The summed E-state index contributed by atoms with van der Waals surface area (Å²) in [7, 11) is 1.95. The van der Waals surface area contributed by atoms with E-state index >= 15 is 0 Å². The first-order valence-corrected chi connectivity index (χ1v) is 10.6. The average Bonchev–Trinajstić information content (AvgIpc) is 3.21. The van der Waals surface area contributed by atoms with Crippen LogP contribution in [0.1, 0.15) is 36.0 Å². The average molecular weight is 400 g/mol. The van der Waals surface area contributed by atoms with Crippen LogP contribution in [0.2, 0.25) is 0 Å². The van der Waals surface area contributed by atoms with Gasteiger partial charge in [-0.15, -0.1) is 0 Å². The number of likely N-dealkylation sites (tertiary alicyclic amines) is 1. The Bertz CT molecular complexity index is 1140. The van der Waals surface area contributed by atoms with E-state index in [1.807, 2.05) is 66.2 Å². The largest absolute Gasteiger partial charge is 0.343 e. The van der Waals surface area contributed by atoms with Crippen molar-refractivity contribution in [3.05, 3.63) is 60.2 Å². The minimum absolute atomic E-state index is 0.167. The van der Waals surface area contributed by atoms with E-state index in [9.17, 15) is 14.4 Å². The van der Waals surface area contributed by atoms with E-state index in [-0.39, 0.29) is 36.0 Å². The number of Topliss-reactive ketones (excluding diaryl/α,β-unsaturated/α-hetero) is 1. The molecule has 5 heteroatoms. The van der Waals surface area contributed by atoms with Gasteiger partial charge in [0.25, 0.3) is 0 Å². The molecular weight excluding hydrogens is 376 g/mol. The van der Waals surface area contributed by atoms with Crippen molar-refractivity contribution in [2.24, 2.45) is 18.9 Å². The van der Waals surface area contributed by atoms with Crippen LogP contribution in [0.15, 0.2) is 54.6 Å². The van der Waals surface area contributed by atoms with Crippen LogP contribution in [0.5, 0.6) is 0 Å². The highest BCUT2D eigenvalue weighted by Crippen LogP contribution is 2.39. The summed E-state index contributed by atoms with van der Waals surface area (Å²) < 4.78 is 2.02. The summed E-state index contributed by atoms with van der Waals surface area (Å²) in [6.45, 7) is -0.182. The molecule has 2 atom stereocenters. The second-order valence-electron chi connectivity index (χ2n) is 8.35. The fourth-order valence-corrected chi connectivity index (χ4v) is 5.22. The molecule has 3 aromatic rings. The van der Waals surface area contributed by atoms with E-state index in [0.29, 0.717) is 5.56 Å². The number of hydrogen-bond donors (Lipinski definition) is 0. The van der Waals surface area contributed by atoms with Gasteiger partial charge in [0.15, 0.2) is 5.78 Å². The molecule has 1 aromatic heterocycles. The van der Waals surface area contributed by atoms with Gasteiger partial charge in [-0.25, -0.2) is 0 Å². The van der Waals surface area contributed by atoms with Gasteiger partial charge in [-0.05, 0) is 24.5 Å². The fraction of sp³-hybridized carbons (Fsp3) is 0.320. The Morgan fingerprint density at radius 3 is 2.17 bits per heavy atom. The Balaban J connectivity index is 1.57. The number of aryl methyl sites for hydroxylation is 1. The molecule has 0 radical (unpaired) electrons. The van der Waals surface area contributed by atoms with Crippen molar-refractivity contribution in [2.45, 2.75) is 25.7 Å². The van der Waals surface area contributed by atoms with E-state index in [0.717, 1.165) is 47.8 Å². The molecule has 1 saturated carbocycles. The zero-order valence-electron chi connectivity index (χ0n) is 17.0. The monoisotopic (exact) mass is 400 g/mol. The van der Waals surface area contributed by atoms with Crippen molar-refractivity contribution in [3.8, 4) is 11.3 Å². The van der Waals surface area contributed by atoms with Crippen LogP contribution in [0.3, 0.4) is 0 Å². The summed E-state index contributed by atoms with van der Waals surface area (Å²) in [5.74, 6) is -0.995. The van der Waals surface area contributed by atoms with E-state index in [1.165, 1.54) is 4.90 Å². The lowest BCUT2D eigenvalue weighted by Crippen LogP contribution is -2.36. The second kappa shape index (κ2) is 7.24.